The average molecular weight is 499 g/mol. The largest absolute Gasteiger partial charge is 0.491 e. The summed E-state index contributed by atoms with van der Waals surface area (Å²) in [6, 6.07) is 36.8. The van der Waals surface area contributed by atoms with Crippen LogP contribution < -0.4 is 9.47 Å². The Kier molecular flexibility index (Phi) is 11.0. The Labute approximate surface area is 219 Å². The molecule has 0 spiro atoms. The Balaban J connectivity index is 0.952. The van der Waals surface area contributed by atoms with Gasteiger partial charge in [-0.25, -0.2) is 0 Å². The number of hydrogen-bond donors (Lipinski definition) is 0. The van der Waals surface area contributed by atoms with Crippen molar-refractivity contribution in [2.75, 3.05) is 52.9 Å². The number of ether oxygens (including phenoxy) is 5. The van der Waals surface area contributed by atoms with Gasteiger partial charge in [0.25, 0.3) is 0 Å². The minimum Gasteiger partial charge on any atom is -0.491 e. The zero-order valence-corrected chi connectivity index (χ0v) is 21.1. The zero-order chi connectivity index (χ0) is 25.4. The summed E-state index contributed by atoms with van der Waals surface area (Å²) < 4.78 is 28.2. The van der Waals surface area contributed by atoms with E-state index < -0.39 is 0 Å². The van der Waals surface area contributed by atoms with Crippen molar-refractivity contribution in [1.82, 2.24) is 0 Å². The fourth-order valence-corrected chi connectivity index (χ4v) is 3.73. The van der Waals surface area contributed by atoms with Crippen LogP contribution in [0.15, 0.2) is 109 Å². The van der Waals surface area contributed by atoms with Crippen molar-refractivity contribution in [2.45, 2.75) is 0 Å². The molecule has 0 unspecified atom stereocenters. The van der Waals surface area contributed by atoms with Crippen molar-refractivity contribution in [2.24, 2.45) is 0 Å². The first-order valence-electron chi connectivity index (χ1n) is 12.7. The summed E-state index contributed by atoms with van der Waals surface area (Å²) in [4.78, 5) is 0. The molecule has 0 heterocycles. The molecule has 0 aliphatic carbocycles. The standard InChI is InChI=1S/C32H34O5/c1-3-7-27(8-4-1)29-11-15-31(16-12-29)36-25-23-34-21-19-33-20-22-35-24-26-37-32-17-13-30(14-18-32)28-9-5-2-6-10-28/h1-18H,19-26H2. The van der Waals surface area contributed by atoms with Crippen LogP contribution in [0.5, 0.6) is 11.5 Å². The van der Waals surface area contributed by atoms with Crippen LogP contribution >= 0.6 is 0 Å². The highest BCUT2D eigenvalue weighted by Gasteiger charge is 2.00. The van der Waals surface area contributed by atoms with Crippen LogP contribution in [0.25, 0.3) is 22.3 Å². The quantitative estimate of drug-likeness (QED) is 0.164. The molecule has 37 heavy (non-hydrogen) atoms. The first-order chi connectivity index (χ1) is 18.4. The monoisotopic (exact) mass is 498 g/mol. The van der Waals surface area contributed by atoms with Crippen LogP contribution in [0.1, 0.15) is 0 Å². The highest BCUT2D eigenvalue weighted by Crippen LogP contribution is 2.23. The molecular formula is C32H34O5. The van der Waals surface area contributed by atoms with Gasteiger partial charge in [0.15, 0.2) is 0 Å². The predicted molar refractivity (Wildman–Crippen MR) is 147 cm³/mol. The maximum Gasteiger partial charge on any atom is 0.119 e. The summed E-state index contributed by atoms with van der Waals surface area (Å²) in [6.45, 7) is 4.15. The highest BCUT2D eigenvalue weighted by molar-refractivity contribution is 5.64. The van der Waals surface area contributed by atoms with E-state index in [0.29, 0.717) is 52.9 Å². The number of benzene rings is 4. The second-order valence-corrected chi connectivity index (χ2v) is 8.31. The molecule has 0 saturated carbocycles. The molecule has 0 amide bonds. The molecule has 0 radical (unpaired) electrons. The molecule has 0 fully saturated rings. The van der Waals surface area contributed by atoms with Crippen LogP contribution in [0, 0.1) is 0 Å². The van der Waals surface area contributed by atoms with Gasteiger partial charge in [0.2, 0.25) is 0 Å². The molecule has 0 aliphatic heterocycles. The van der Waals surface area contributed by atoms with Crippen LogP contribution in [0.2, 0.25) is 0 Å². The first-order valence-corrected chi connectivity index (χ1v) is 12.7. The summed E-state index contributed by atoms with van der Waals surface area (Å²) in [5.41, 5.74) is 4.74. The van der Waals surface area contributed by atoms with Crippen molar-refractivity contribution in [3.8, 4) is 33.8 Å². The molecule has 0 saturated heterocycles. The lowest BCUT2D eigenvalue weighted by atomic mass is 10.1. The minimum atomic E-state index is 0.503. The summed E-state index contributed by atoms with van der Waals surface area (Å²) in [5, 5.41) is 0. The van der Waals surface area contributed by atoms with Crippen molar-refractivity contribution in [3.05, 3.63) is 109 Å². The molecule has 0 bridgehead atoms. The normalized spacial score (nSPS) is 10.8. The van der Waals surface area contributed by atoms with Gasteiger partial charge in [-0.3, -0.25) is 0 Å². The Morgan fingerprint density at radius 2 is 0.595 bits per heavy atom. The predicted octanol–water partition coefficient (Wildman–Crippen LogP) is 6.53. The number of rotatable bonds is 16. The third-order valence-electron chi connectivity index (χ3n) is 5.66. The van der Waals surface area contributed by atoms with E-state index >= 15 is 0 Å². The molecule has 192 valence electrons. The van der Waals surface area contributed by atoms with E-state index in [1.54, 1.807) is 0 Å². The van der Waals surface area contributed by atoms with Crippen LogP contribution in [-0.2, 0) is 14.2 Å². The van der Waals surface area contributed by atoms with Crippen molar-refractivity contribution in [3.63, 3.8) is 0 Å². The molecule has 0 N–H and O–H groups in total. The Morgan fingerprint density at radius 1 is 0.297 bits per heavy atom. The van der Waals surface area contributed by atoms with Crippen molar-refractivity contribution < 1.29 is 23.7 Å². The minimum absolute atomic E-state index is 0.503. The number of hydrogen-bond acceptors (Lipinski definition) is 5. The molecule has 4 aromatic carbocycles. The van der Waals surface area contributed by atoms with E-state index in [9.17, 15) is 0 Å². The third kappa shape index (κ3) is 9.39. The van der Waals surface area contributed by atoms with Crippen LogP contribution in [0.4, 0.5) is 0 Å². The molecule has 0 aliphatic rings. The third-order valence-corrected chi connectivity index (χ3v) is 5.66. The molecule has 5 heteroatoms. The maximum absolute atomic E-state index is 5.74. The Bertz CT molecular complexity index is 1040. The van der Waals surface area contributed by atoms with Gasteiger partial charge in [-0.2, -0.15) is 0 Å². The van der Waals surface area contributed by atoms with E-state index in [4.69, 9.17) is 23.7 Å². The SMILES string of the molecule is c1ccc(-c2ccc(OCCOCCOCCOCCOc3ccc(-c4ccccc4)cc3)cc2)cc1. The summed E-state index contributed by atoms with van der Waals surface area (Å²) in [6.07, 6.45) is 0. The highest BCUT2D eigenvalue weighted by atomic mass is 16.6. The van der Waals surface area contributed by atoms with Crippen LogP contribution in [-0.4, -0.2) is 52.9 Å². The lowest BCUT2D eigenvalue weighted by Crippen LogP contribution is -2.14. The van der Waals surface area contributed by atoms with Crippen molar-refractivity contribution in [1.29, 1.82) is 0 Å². The Morgan fingerprint density at radius 3 is 0.946 bits per heavy atom. The molecule has 0 atom stereocenters. The average Bonchev–Trinajstić information content (AvgIpc) is 2.97. The fourth-order valence-electron chi connectivity index (χ4n) is 3.73. The molecule has 4 rings (SSSR count). The summed E-state index contributed by atoms with van der Waals surface area (Å²) in [7, 11) is 0. The van der Waals surface area contributed by atoms with Gasteiger partial charge >= 0.3 is 0 Å². The zero-order valence-electron chi connectivity index (χ0n) is 21.1. The fraction of sp³-hybridized carbons (Fsp3) is 0.250. The van der Waals surface area contributed by atoms with Gasteiger partial charge in [-0.05, 0) is 46.5 Å². The van der Waals surface area contributed by atoms with E-state index in [-0.39, 0.29) is 0 Å². The van der Waals surface area contributed by atoms with Gasteiger partial charge < -0.3 is 23.7 Å². The topological polar surface area (TPSA) is 46.2 Å². The molecular weight excluding hydrogens is 464 g/mol. The van der Waals surface area contributed by atoms with Gasteiger partial charge in [-0.15, -0.1) is 0 Å². The Hall–Kier alpha value is -3.64. The van der Waals surface area contributed by atoms with Crippen LogP contribution in [0.3, 0.4) is 0 Å². The lowest BCUT2D eigenvalue weighted by molar-refractivity contribution is 0.00499. The van der Waals surface area contributed by atoms with Gasteiger partial charge in [0.05, 0.1) is 39.6 Å². The van der Waals surface area contributed by atoms with E-state index in [1.165, 1.54) is 22.3 Å². The second-order valence-electron chi connectivity index (χ2n) is 8.31. The smallest absolute Gasteiger partial charge is 0.119 e. The maximum atomic E-state index is 5.74. The summed E-state index contributed by atoms with van der Waals surface area (Å²) in [5.74, 6) is 1.68. The lowest BCUT2D eigenvalue weighted by Gasteiger charge is -2.10. The first kappa shape index (κ1) is 26.4. The van der Waals surface area contributed by atoms with Gasteiger partial charge in [0, 0.05) is 0 Å². The second kappa shape index (κ2) is 15.5. The van der Waals surface area contributed by atoms with E-state index in [1.807, 2.05) is 60.7 Å². The van der Waals surface area contributed by atoms with E-state index in [2.05, 4.69) is 48.5 Å². The molecule has 4 aromatic rings. The summed E-state index contributed by atoms with van der Waals surface area (Å²) >= 11 is 0. The molecule has 0 aromatic heterocycles. The van der Waals surface area contributed by atoms with Crippen molar-refractivity contribution >= 4 is 0 Å². The van der Waals surface area contributed by atoms with E-state index in [0.717, 1.165) is 11.5 Å². The van der Waals surface area contributed by atoms with Gasteiger partial charge in [-0.1, -0.05) is 84.9 Å². The van der Waals surface area contributed by atoms with Gasteiger partial charge in [0.1, 0.15) is 24.7 Å². The molecule has 5 nitrogen and oxygen atoms in total.